The van der Waals surface area contributed by atoms with Gasteiger partial charge in [-0.05, 0) is 11.5 Å². The van der Waals surface area contributed by atoms with Crippen LogP contribution in [-0.2, 0) is 4.74 Å². The van der Waals surface area contributed by atoms with Gasteiger partial charge in [-0.3, -0.25) is 0 Å². The second kappa shape index (κ2) is 5.38. The molecular weight excluding hydrogens is 278 g/mol. The van der Waals surface area contributed by atoms with Gasteiger partial charge in [-0.25, -0.2) is 13.6 Å². The fraction of sp³-hybridized carbons (Fsp3) is 0.500. The summed E-state index contributed by atoms with van der Waals surface area (Å²) in [7, 11) is 1.07. The average Bonchev–Trinajstić information content (AvgIpc) is 2.67. The number of esters is 1. The van der Waals surface area contributed by atoms with Gasteiger partial charge in [0.15, 0.2) is 5.82 Å². The number of nitrogens with zero attached hydrogens (tertiary/aromatic N) is 1. The lowest BCUT2D eigenvalue weighted by Gasteiger charge is -2.15. The summed E-state index contributed by atoms with van der Waals surface area (Å²) in [6.07, 6.45) is -3.81. The van der Waals surface area contributed by atoms with Crippen LogP contribution in [0.3, 0.4) is 0 Å². The number of hydrogen-bond donors (Lipinski definition) is 2. The van der Waals surface area contributed by atoms with E-state index in [2.05, 4.69) is 9.11 Å². The number of halogens is 4. The summed E-state index contributed by atoms with van der Waals surface area (Å²) in [6.45, 7) is -1.34. The first-order valence-electron chi connectivity index (χ1n) is 4.53. The van der Waals surface area contributed by atoms with Crippen molar-refractivity contribution in [1.82, 2.24) is 4.37 Å². The molecule has 1 rings (SSSR count). The Balaban J connectivity index is 2.83. The van der Waals surface area contributed by atoms with E-state index in [1.807, 2.05) is 5.32 Å². The Morgan fingerprint density at radius 2 is 2.22 bits per heavy atom. The number of nitrogen functional groups attached to an aromatic ring is 1. The summed E-state index contributed by atoms with van der Waals surface area (Å²) in [5.74, 6) is -5.31. The van der Waals surface area contributed by atoms with E-state index in [1.54, 1.807) is 0 Å². The number of alkyl halides is 4. The maximum atomic E-state index is 12.7. The van der Waals surface area contributed by atoms with Crippen molar-refractivity contribution in [3.63, 3.8) is 0 Å². The number of hydrogen-bond acceptors (Lipinski definition) is 6. The summed E-state index contributed by atoms with van der Waals surface area (Å²) >= 11 is 0.607. The minimum absolute atomic E-state index is 0.139. The van der Waals surface area contributed by atoms with Crippen molar-refractivity contribution in [2.45, 2.75) is 12.3 Å². The topological polar surface area (TPSA) is 77.2 Å². The molecule has 3 N–H and O–H groups in total. The van der Waals surface area contributed by atoms with E-state index >= 15 is 0 Å². The zero-order valence-electron chi connectivity index (χ0n) is 9.05. The van der Waals surface area contributed by atoms with Gasteiger partial charge in [-0.1, -0.05) is 0 Å². The van der Waals surface area contributed by atoms with E-state index < -0.39 is 24.9 Å². The third kappa shape index (κ3) is 3.00. The van der Waals surface area contributed by atoms with Crippen molar-refractivity contribution in [3.05, 3.63) is 5.56 Å². The van der Waals surface area contributed by atoms with E-state index in [0.29, 0.717) is 11.5 Å². The molecular formula is C8H9F4N3O2S. The minimum atomic E-state index is -4.22. The van der Waals surface area contributed by atoms with Crippen molar-refractivity contribution >= 4 is 28.3 Å². The molecule has 0 aliphatic rings. The lowest BCUT2D eigenvalue weighted by molar-refractivity contribution is -0.117. The summed E-state index contributed by atoms with van der Waals surface area (Å²) in [5.41, 5.74) is 5.10. The Labute approximate surface area is 103 Å². The molecule has 1 heterocycles. The number of aromatic nitrogens is 1. The monoisotopic (exact) mass is 287 g/mol. The van der Waals surface area contributed by atoms with Crippen LogP contribution in [0.25, 0.3) is 0 Å². The number of carbonyl (C=O) groups is 1. The molecule has 1 aromatic heterocycles. The van der Waals surface area contributed by atoms with Crippen LogP contribution < -0.4 is 11.1 Å². The molecule has 10 heteroatoms. The molecule has 0 aromatic carbocycles. The van der Waals surface area contributed by atoms with Crippen molar-refractivity contribution in [3.8, 4) is 0 Å². The third-order valence-corrected chi connectivity index (χ3v) is 2.73. The zero-order chi connectivity index (χ0) is 13.9. The third-order valence-electron chi connectivity index (χ3n) is 1.91. The number of ether oxygens (including phenoxy) is 1. The largest absolute Gasteiger partial charge is 0.465 e. The molecule has 0 unspecified atom stereocenters. The number of anilines is 2. The van der Waals surface area contributed by atoms with E-state index in [9.17, 15) is 22.4 Å². The molecule has 0 bridgehead atoms. The summed E-state index contributed by atoms with van der Waals surface area (Å²) < 4.78 is 57.1. The SMILES string of the molecule is COC(=O)c1c(N)nsc1NCC(F)(F)C(F)F. The fourth-order valence-corrected chi connectivity index (χ4v) is 1.69. The van der Waals surface area contributed by atoms with E-state index in [4.69, 9.17) is 5.73 Å². The quantitative estimate of drug-likeness (QED) is 0.638. The first-order chi connectivity index (χ1) is 8.29. The molecule has 0 saturated carbocycles. The van der Waals surface area contributed by atoms with Crippen LogP contribution in [0.15, 0.2) is 0 Å². The van der Waals surface area contributed by atoms with Gasteiger partial charge in [0, 0.05) is 0 Å². The van der Waals surface area contributed by atoms with Gasteiger partial charge in [-0.2, -0.15) is 13.2 Å². The summed E-state index contributed by atoms with van der Waals surface area (Å²) in [4.78, 5) is 11.3. The van der Waals surface area contributed by atoms with Gasteiger partial charge < -0.3 is 15.8 Å². The van der Waals surface area contributed by atoms with Crippen LogP contribution in [0.2, 0.25) is 0 Å². The second-order valence-corrected chi connectivity index (χ2v) is 3.95. The normalized spacial score (nSPS) is 11.7. The number of carbonyl (C=O) groups excluding carboxylic acids is 1. The number of methoxy groups -OCH3 is 1. The standard InChI is InChI=1S/C8H9F4N3O2S/c1-17-6(16)3-4(13)15-18-5(3)14-2-8(11,12)7(9)10/h7,14H,2H2,1H3,(H2,13,15). The minimum Gasteiger partial charge on any atom is -0.465 e. The van der Waals surface area contributed by atoms with Crippen LogP contribution in [0.1, 0.15) is 10.4 Å². The predicted molar refractivity (Wildman–Crippen MR) is 57.3 cm³/mol. The molecule has 0 fully saturated rings. The predicted octanol–water partition coefficient (Wildman–Crippen LogP) is 1.82. The maximum Gasteiger partial charge on any atom is 0.344 e. The smallest absolute Gasteiger partial charge is 0.344 e. The highest BCUT2D eigenvalue weighted by Gasteiger charge is 2.40. The van der Waals surface area contributed by atoms with Gasteiger partial charge in [-0.15, -0.1) is 0 Å². The molecule has 0 aliphatic carbocycles. The van der Waals surface area contributed by atoms with Crippen LogP contribution >= 0.6 is 11.5 Å². The fourth-order valence-electron chi connectivity index (χ4n) is 0.998. The van der Waals surface area contributed by atoms with Gasteiger partial charge in [0.05, 0.1) is 13.7 Å². The van der Waals surface area contributed by atoms with Gasteiger partial charge in [0.25, 0.3) is 0 Å². The lowest BCUT2D eigenvalue weighted by atomic mass is 10.3. The molecule has 1 aromatic rings. The Hall–Kier alpha value is -1.58. The van der Waals surface area contributed by atoms with Crippen LogP contribution in [-0.4, -0.2) is 36.3 Å². The number of nitrogens with two attached hydrogens (primary N) is 1. The van der Waals surface area contributed by atoms with E-state index in [-0.39, 0.29) is 16.4 Å². The lowest BCUT2D eigenvalue weighted by Crippen LogP contribution is -2.34. The van der Waals surface area contributed by atoms with Gasteiger partial charge in [0.2, 0.25) is 0 Å². The molecule has 18 heavy (non-hydrogen) atoms. The molecule has 0 radical (unpaired) electrons. The van der Waals surface area contributed by atoms with Crippen LogP contribution in [0.4, 0.5) is 28.4 Å². The molecule has 0 spiro atoms. The summed E-state index contributed by atoms with van der Waals surface area (Å²) in [5, 5.41) is 1.88. The molecule has 0 aliphatic heterocycles. The number of rotatable bonds is 5. The molecule has 5 nitrogen and oxygen atoms in total. The molecule has 102 valence electrons. The van der Waals surface area contributed by atoms with Crippen LogP contribution in [0.5, 0.6) is 0 Å². The van der Waals surface area contributed by atoms with Crippen molar-refractivity contribution in [2.24, 2.45) is 0 Å². The first-order valence-corrected chi connectivity index (χ1v) is 5.30. The van der Waals surface area contributed by atoms with Crippen molar-refractivity contribution in [1.29, 1.82) is 0 Å². The highest BCUT2D eigenvalue weighted by atomic mass is 32.1. The highest BCUT2D eigenvalue weighted by Crippen LogP contribution is 2.30. The zero-order valence-corrected chi connectivity index (χ0v) is 9.86. The van der Waals surface area contributed by atoms with Gasteiger partial charge >= 0.3 is 18.3 Å². The van der Waals surface area contributed by atoms with Gasteiger partial charge in [0.1, 0.15) is 10.6 Å². The van der Waals surface area contributed by atoms with Crippen molar-refractivity contribution < 1.29 is 27.1 Å². The van der Waals surface area contributed by atoms with Crippen molar-refractivity contribution in [2.75, 3.05) is 24.7 Å². The molecule has 0 amide bonds. The Kier molecular flexibility index (Phi) is 4.33. The Morgan fingerprint density at radius 3 is 2.72 bits per heavy atom. The Bertz CT molecular complexity index is 438. The number of nitrogens with one attached hydrogen (secondary N) is 1. The first kappa shape index (κ1) is 14.5. The highest BCUT2D eigenvalue weighted by molar-refractivity contribution is 7.11. The maximum absolute atomic E-state index is 12.7. The Morgan fingerprint density at radius 1 is 1.61 bits per heavy atom. The molecule has 0 atom stereocenters. The van der Waals surface area contributed by atoms with Crippen LogP contribution in [0, 0.1) is 0 Å². The average molecular weight is 287 g/mol. The summed E-state index contributed by atoms with van der Waals surface area (Å²) in [6, 6.07) is 0. The van der Waals surface area contributed by atoms with E-state index in [1.165, 1.54) is 0 Å². The molecule has 0 saturated heterocycles. The van der Waals surface area contributed by atoms with E-state index in [0.717, 1.165) is 7.11 Å². The second-order valence-electron chi connectivity index (χ2n) is 3.18.